The molecule has 0 saturated carbocycles. The lowest BCUT2D eigenvalue weighted by molar-refractivity contribution is 0.0957. The molecule has 0 aliphatic carbocycles. The number of amides is 1. The summed E-state index contributed by atoms with van der Waals surface area (Å²) in [6.45, 7) is 0. The summed E-state index contributed by atoms with van der Waals surface area (Å²) in [6, 6.07) is 6.64. The average Bonchev–Trinajstić information content (AvgIpc) is 2.88. The Morgan fingerprint density at radius 2 is 2.28 bits per heavy atom. The first-order valence-corrected chi connectivity index (χ1v) is 5.10. The molecular weight excluding hydrogens is 232 g/mol. The number of hydrogen-bond acceptors (Lipinski definition) is 5. The van der Waals surface area contributed by atoms with E-state index in [2.05, 4.69) is 15.4 Å². The van der Waals surface area contributed by atoms with Crippen molar-refractivity contribution in [3.05, 3.63) is 35.8 Å². The fraction of sp³-hybridized carbons (Fsp3) is 0.0909. The summed E-state index contributed by atoms with van der Waals surface area (Å²) in [5.74, 6) is 0.139. The summed E-state index contributed by atoms with van der Waals surface area (Å²) >= 11 is 0. The molecule has 0 aliphatic heterocycles. The van der Waals surface area contributed by atoms with Crippen LogP contribution in [0.5, 0.6) is 0 Å². The van der Waals surface area contributed by atoms with E-state index in [0.717, 1.165) is 0 Å². The van der Waals surface area contributed by atoms with E-state index in [1.54, 1.807) is 24.4 Å². The molecule has 2 rings (SSSR count). The van der Waals surface area contributed by atoms with Crippen LogP contribution in [-0.2, 0) is 0 Å². The first-order valence-electron chi connectivity index (χ1n) is 5.10. The van der Waals surface area contributed by atoms with E-state index in [-0.39, 0.29) is 17.3 Å². The quantitative estimate of drug-likeness (QED) is 0.775. The topological polar surface area (TPSA) is 110 Å². The van der Waals surface area contributed by atoms with Crippen LogP contribution in [0.1, 0.15) is 16.2 Å². The Balaban J connectivity index is 2.41. The summed E-state index contributed by atoms with van der Waals surface area (Å²) in [6.07, 6.45) is 1.59. The lowest BCUT2D eigenvalue weighted by atomic mass is 10.3. The zero-order chi connectivity index (χ0) is 13.1. The van der Waals surface area contributed by atoms with Crippen molar-refractivity contribution in [1.29, 1.82) is 5.26 Å². The number of nitriles is 1. The number of nitrogens with two attached hydrogens (primary N) is 1. The maximum Gasteiger partial charge on any atom is 0.271 e. The van der Waals surface area contributed by atoms with Crippen molar-refractivity contribution >= 4 is 11.6 Å². The summed E-state index contributed by atoms with van der Waals surface area (Å²) in [7, 11) is 1.52. The summed E-state index contributed by atoms with van der Waals surface area (Å²) in [5.41, 5.74) is 6.28. The van der Waals surface area contributed by atoms with Crippen molar-refractivity contribution in [1.82, 2.24) is 20.1 Å². The Bertz CT molecular complexity index is 639. The molecule has 0 aliphatic rings. The zero-order valence-electron chi connectivity index (χ0n) is 9.58. The predicted octanol–water partition coefficient (Wildman–Crippen LogP) is 0.0808. The Kier molecular flexibility index (Phi) is 2.93. The molecule has 0 unspecified atom stereocenters. The van der Waals surface area contributed by atoms with Gasteiger partial charge in [0.2, 0.25) is 0 Å². The molecule has 0 fully saturated rings. The van der Waals surface area contributed by atoms with Crippen molar-refractivity contribution in [3.8, 4) is 11.9 Å². The van der Waals surface area contributed by atoms with Gasteiger partial charge in [-0.2, -0.15) is 10.4 Å². The zero-order valence-corrected chi connectivity index (χ0v) is 9.58. The second kappa shape index (κ2) is 4.55. The van der Waals surface area contributed by atoms with Crippen molar-refractivity contribution < 1.29 is 4.79 Å². The van der Waals surface area contributed by atoms with Gasteiger partial charge in [-0.05, 0) is 18.2 Å². The molecule has 0 aromatic carbocycles. The Morgan fingerprint density at radius 3 is 2.94 bits per heavy atom. The maximum atomic E-state index is 11.4. The minimum absolute atomic E-state index is 0.129. The summed E-state index contributed by atoms with van der Waals surface area (Å²) in [5, 5.41) is 15.4. The van der Waals surface area contributed by atoms with Crippen LogP contribution in [0, 0.1) is 11.3 Å². The molecule has 0 atom stereocenters. The SMILES string of the molecule is CNC(=O)c1ccn(-c2ccc(N)c(C#N)n2)n1. The van der Waals surface area contributed by atoms with Gasteiger partial charge in [-0.3, -0.25) is 4.79 Å². The van der Waals surface area contributed by atoms with E-state index in [0.29, 0.717) is 11.5 Å². The number of pyridine rings is 1. The first-order chi connectivity index (χ1) is 8.65. The number of carbonyl (C=O) groups excluding carboxylic acids is 1. The number of rotatable bonds is 2. The van der Waals surface area contributed by atoms with Crippen LogP contribution >= 0.6 is 0 Å². The average molecular weight is 242 g/mol. The lowest BCUT2D eigenvalue weighted by Crippen LogP contribution is -2.18. The third kappa shape index (κ3) is 1.99. The minimum Gasteiger partial charge on any atom is -0.396 e. The molecule has 3 N–H and O–H groups in total. The minimum atomic E-state index is -0.287. The third-order valence-corrected chi connectivity index (χ3v) is 2.30. The van der Waals surface area contributed by atoms with Crippen molar-refractivity contribution in [3.63, 3.8) is 0 Å². The number of nitrogens with zero attached hydrogens (tertiary/aromatic N) is 4. The second-order valence-electron chi connectivity index (χ2n) is 3.44. The molecule has 18 heavy (non-hydrogen) atoms. The largest absolute Gasteiger partial charge is 0.396 e. The van der Waals surface area contributed by atoms with E-state index >= 15 is 0 Å². The van der Waals surface area contributed by atoms with Crippen molar-refractivity contribution in [2.45, 2.75) is 0 Å². The number of nitrogens with one attached hydrogen (secondary N) is 1. The molecule has 7 nitrogen and oxygen atoms in total. The van der Waals surface area contributed by atoms with E-state index in [1.807, 2.05) is 6.07 Å². The number of nitrogen functional groups attached to an aromatic ring is 1. The molecule has 0 radical (unpaired) electrons. The van der Waals surface area contributed by atoms with Gasteiger partial charge in [0.05, 0.1) is 5.69 Å². The molecule has 2 heterocycles. The fourth-order valence-corrected chi connectivity index (χ4v) is 1.38. The van der Waals surface area contributed by atoms with Crippen LogP contribution in [0.15, 0.2) is 24.4 Å². The summed E-state index contributed by atoms with van der Waals surface area (Å²) in [4.78, 5) is 15.4. The predicted molar refractivity (Wildman–Crippen MR) is 63.9 cm³/mol. The summed E-state index contributed by atoms with van der Waals surface area (Å²) < 4.78 is 1.41. The fourth-order valence-electron chi connectivity index (χ4n) is 1.38. The Labute approximate surface area is 103 Å². The van der Waals surface area contributed by atoms with Gasteiger partial charge in [0.15, 0.2) is 17.2 Å². The molecule has 7 heteroatoms. The highest BCUT2D eigenvalue weighted by molar-refractivity contribution is 5.91. The van der Waals surface area contributed by atoms with E-state index in [1.165, 1.54) is 11.7 Å². The Hall–Kier alpha value is -2.88. The van der Waals surface area contributed by atoms with Gasteiger partial charge >= 0.3 is 0 Å². The number of anilines is 1. The van der Waals surface area contributed by atoms with Crippen LogP contribution in [0.25, 0.3) is 5.82 Å². The molecular formula is C11H10N6O. The molecule has 0 bridgehead atoms. The number of hydrogen-bond donors (Lipinski definition) is 2. The maximum absolute atomic E-state index is 11.4. The third-order valence-electron chi connectivity index (χ3n) is 2.30. The molecule has 90 valence electrons. The van der Waals surface area contributed by atoms with Crippen LogP contribution in [0.2, 0.25) is 0 Å². The van der Waals surface area contributed by atoms with Crippen molar-refractivity contribution in [2.24, 2.45) is 0 Å². The van der Waals surface area contributed by atoms with Gasteiger partial charge in [-0.1, -0.05) is 0 Å². The molecule has 2 aromatic heterocycles. The van der Waals surface area contributed by atoms with Gasteiger partial charge in [0.25, 0.3) is 5.91 Å². The smallest absolute Gasteiger partial charge is 0.271 e. The first kappa shape index (κ1) is 11.6. The van der Waals surface area contributed by atoms with Crippen LogP contribution < -0.4 is 11.1 Å². The monoisotopic (exact) mass is 242 g/mol. The highest BCUT2D eigenvalue weighted by Crippen LogP contribution is 2.11. The standard InChI is InChI=1S/C11H10N6O/c1-14-11(18)8-4-5-17(16-8)10-3-2-7(13)9(6-12)15-10/h2-5H,13H2,1H3,(H,14,18). The van der Waals surface area contributed by atoms with Crippen molar-refractivity contribution in [2.75, 3.05) is 12.8 Å². The van der Waals surface area contributed by atoms with Gasteiger partial charge < -0.3 is 11.1 Å². The van der Waals surface area contributed by atoms with E-state index in [9.17, 15) is 4.79 Å². The Morgan fingerprint density at radius 1 is 1.50 bits per heavy atom. The lowest BCUT2D eigenvalue weighted by Gasteiger charge is -2.02. The highest BCUT2D eigenvalue weighted by Gasteiger charge is 2.09. The van der Waals surface area contributed by atoms with Crippen LogP contribution in [-0.4, -0.2) is 27.7 Å². The molecule has 2 aromatic rings. The van der Waals surface area contributed by atoms with Gasteiger partial charge in [0.1, 0.15) is 6.07 Å². The van der Waals surface area contributed by atoms with E-state index in [4.69, 9.17) is 11.0 Å². The van der Waals surface area contributed by atoms with Crippen LogP contribution in [0.4, 0.5) is 5.69 Å². The highest BCUT2D eigenvalue weighted by atomic mass is 16.1. The van der Waals surface area contributed by atoms with Crippen LogP contribution in [0.3, 0.4) is 0 Å². The molecule has 1 amide bonds. The van der Waals surface area contributed by atoms with Gasteiger partial charge in [-0.15, -0.1) is 0 Å². The van der Waals surface area contributed by atoms with E-state index < -0.39 is 0 Å². The normalized spacial score (nSPS) is 9.78. The second-order valence-corrected chi connectivity index (χ2v) is 3.44. The number of aromatic nitrogens is 3. The van der Waals surface area contributed by atoms with Gasteiger partial charge in [-0.25, -0.2) is 9.67 Å². The van der Waals surface area contributed by atoms with Gasteiger partial charge in [0, 0.05) is 13.2 Å². The molecule has 0 spiro atoms. The molecule has 0 saturated heterocycles. The number of carbonyl (C=O) groups is 1.